The van der Waals surface area contributed by atoms with Crippen molar-refractivity contribution in [1.29, 1.82) is 0 Å². The van der Waals surface area contributed by atoms with Gasteiger partial charge in [-0.15, -0.1) is 0 Å². The Kier molecular flexibility index (Phi) is 4.52. The quantitative estimate of drug-likeness (QED) is 0.902. The largest absolute Gasteiger partial charge is 0.376 e. The average Bonchev–Trinajstić information content (AvgIpc) is 2.41. The van der Waals surface area contributed by atoms with Gasteiger partial charge in [0.05, 0.1) is 12.2 Å². The third kappa shape index (κ3) is 4.06. The monoisotopic (exact) mass is 322 g/mol. The van der Waals surface area contributed by atoms with Crippen molar-refractivity contribution in [3.63, 3.8) is 0 Å². The summed E-state index contributed by atoms with van der Waals surface area (Å²) in [5.74, 6) is -0.743. The van der Waals surface area contributed by atoms with Crippen molar-refractivity contribution in [2.45, 2.75) is 0 Å². The van der Waals surface area contributed by atoms with Crippen LogP contribution in [-0.4, -0.2) is 12.5 Å². The number of anilines is 2. The Balaban J connectivity index is 1.88. The molecule has 2 aromatic rings. The minimum atomic E-state index is -0.445. The second-order valence-corrected chi connectivity index (χ2v) is 4.80. The van der Waals surface area contributed by atoms with Crippen LogP contribution in [0.15, 0.2) is 53.0 Å². The molecule has 3 nitrogen and oxygen atoms in total. The van der Waals surface area contributed by atoms with Gasteiger partial charge in [-0.25, -0.2) is 4.39 Å². The molecule has 0 saturated carbocycles. The zero-order chi connectivity index (χ0) is 13.7. The van der Waals surface area contributed by atoms with Crippen molar-refractivity contribution in [3.8, 4) is 0 Å². The van der Waals surface area contributed by atoms with E-state index in [-0.39, 0.29) is 18.1 Å². The van der Waals surface area contributed by atoms with E-state index in [4.69, 9.17) is 0 Å². The Morgan fingerprint density at radius 2 is 1.79 bits per heavy atom. The van der Waals surface area contributed by atoms with E-state index in [1.807, 2.05) is 24.3 Å². The molecular formula is C14H12BrFN2O. The van der Waals surface area contributed by atoms with E-state index in [0.717, 1.165) is 10.2 Å². The van der Waals surface area contributed by atoms with Gasteiger partial charge in [-0.3, -0.25) is 4.79 Å². The lowest BCUT2D eigenvalue weighted by Crippen LogP contribution is -2.22. The van der Waals surface area contributed by atoms with Crippen molar-refractivity contribution in [1.82, 2.24) is 0 Å². The molecule has 2 aromatic carbocycles. The maximum absolute atomic E-state index is 13.3. The van der Waals surface area contributed by atoms with Crippen LogP contribution in [-0.2, 0) is 4.79 Å². The Labute approximate surface area is 119 Å². The number of para-hydroxylation sites is 1. The zero-order valence-corrected chi connectivity index (χ0v) is 11.6. The highest BCUT2D eigenvalue weighted by atomic mass is 79.9. The number of benzene rings is 2. The molecule has 2 N–H and O–H groups in total. The zero-order valence-electron chi connectivity index (χ0n) is 9.99. The first-order chi connectivity index (χ1) is 9.15. The van der Waals surface area contributed by atoms with Gasteiger partial charge in [-0.2, -0.15) is 0 Å². The molecule has 98 valence electrons. The van der Waals surface area contributed by atoms with E-state index < -0.39 is 5.82 Å². The topological polar surface area (TPSA) is 41.1 Å². The number of carbonyl (C=O) groups excluding carboxylic acids is 1. The summed E-state index contributed by atoms with van der Waals surface area (Å²) >= 11 is 3.33. The molecule has 0 aliphatic carbocycles. The summed E-state index contributed by atoms with van der Waals surface area (Å²) in [6.07, 6.45) is 0. The second-order valence-electron chi connectivity index (χ2n) is 3.89. The van der Waals surface area contributed by atoms with Crippen LogP contribution >= 0.6 is 15.9 Å². The normalized spacial score (nSPS) is 10.0. The van der Waals surface area contributed by atoms with Crippen LogP contribution < -0.4 is 10.6 Å². The molecule has 0 radical (unpaired) electrons. The highest BCUT2D eigenvalue weighted by molar-refractivity contribution is 9.10. The lowest BCUT2D eigenvalue weighted by Gasteiger charge is -2.08. The maximum atomic E-state index is 13.3. The van der Waals surface area contributed by atoms with Gasteiger partial charge in [-0.05, 0) is 36.4 Å². The molecule has 19 heavy (non-hydrogen) atoms. The van der Waals surface area contributed by atoms with Crippen molar-refractivity contribution >= 4 is 33.2 Å². The molecule has 5 heteroatoms. The van der Waals surface area contributed by atoms with E-state index in [0.29, 0.717) is 0 Å². The number of hydrogen-bond donors (Lipinski definition) is 2. The molecule has 2 rings (SSSR count). The minimum Gasteiger partial charge on any atom is -0.376 e. The van der Waals surface area contributed by atoms with Gasteiger partial charge < -0.3 is 10.6 Å². The van der Waals surface area contributed by atoms with Gasteiger partial charge >= 0.3 is 0 Å². The standard InChI is InChI=1S/C14H12BrFN2O/c15-10-5-7-11(8-6-10)17-9-14(19)18-13-4-2-1-3-12(13)16/h1-8,17H,9H2,(H,18,19). The summed E-state index contributed by atoms with van der Waals surface area (Å²) in [6.45, 7) is 0.0793. The number of rotatable bonds is 4. The Bertz CT molecular complexity index is 572. The van der Waals surface area contributed by atoms with Gasteiger partial charge in [0.1, 0.15) is 5.82 Å². The van der Waals surface area contributed by atoms with Crippen LogP contribution in [0.5, 0.6) is 0 Å². The summed E-state index contributed by atoms with van der Waals surface area (Å²) in [7, 11) is 0. The average molecular weight is 323 g/mol. The minimum absolute atomic E-state index is 0.0793. The third-order valence-electron chi connectivity index (χ3n) is 2.45. The summed E-state index contributed by atoms with van der Waals surface area (Å²) in [5.41, 5.74) is 1.01. The lowest BCUT2D eigenvalue weighted by molar-refractivity contribution is -0.114. The summed E-state index contributed by atoms with van der Waals surface area (Å²) in [6, 6.07) is 13.5. The van der Waals surface area contributed by atoms with Gasteiger partial charge in [-0.1, -0.05) is 28.1 Å². The van der Waals surface area contributed by atoms with Gasteiger partial charge in [0.15, 0.2) is 0 Å². The van der Waals surface area contributed by atoms with Crippen molar-refractivity contribution in [3.05, 3.63) is 58.8 Å². The van der Waals surface area contributed by atoms with Crippen LogP contribution in [0.25, 0.3) is 0 Å². The van der Waals surface area contributed by atoms with Crippen LogP contribution in [0.3, 0.4) is 0 Å². The van der Waals surface area contributed by atoms with Gasteiger partial charge in [0, 0.05) is 10.2 Å². The number of carbonyl (C=O) groups is 1. The molecule has 1 amide bonds. The van der Waals surface area contributed by atoms with Crippen LogP contribution in [0.4, 0.5) is 15.8 Å². The molecule has 0 heterocycles. The number of amides is 1. The van der Waals surface area contributed by atoms with E-state index in [1.54, 1.807) is 12.1 Å². The van der Waals surface area contributed by atoms with Crippen molar-refractivity contribution in [2.24, 2.45) is 0 Å². The van der Waals surface area contributed by atoms with Gasteiger partial charge in [0.2, 0.25) is 5.91 Å². The molecule has 0 bridgehead atoms. The van der Waals surface area contributed by atoms with Crippen LogP contribution in [0.2, 0.25) is 0 Å². The van der Waals surface area contributed by atoms with E-state index in [9.17, 15) is 9.18 Å². The predicted octanol–water partition coefficient (Wildman–Crippen LogP) is 3.64. The predicted molar refractivity (Wildman–Crippen MR) is 77.7 cm³/mol. The van der Waals surface area contributed by atoms with Crippen molar-refractivity contribution < 1.29 is 9.18 Å². The smallest absolute Gasteiger partial charge is 0.243 e. The fourth-order valence-corrected chi connectivity index (χ4v) is 1.77. The first-order valence-corrected chi connectivity index (χ1v) is 6.48. The van der Waals surface area contributed by atoms with Crippen molar-refractivity contribution in [2.75, 3.05) is 17.2 Å². The summed E-state index contributed by atoms with van der Waals surface area (Å²) < 4.78 is 14.3. The summed E-state index contributed by atoms with van der Waals surface area (Å²) in [5, 5.41) is 5.46. The van der Waals surface area contributed by atoms with Crippen LogP contribution in [0, 0.1) is 5.82 Å². The SMILES string of the molecule is O=C(CNc1ccc(Br)cc1)Nc1ccccc1F. The third-order valence-corrected chi connectivity index (χ3v) is 2.97. The van der Waals surface area contributed by atoms with Crippen LogP contribution in [0.1, 0.15) is 0 Å². The molecule has 0 saturated heterocycles. The Hall–Kier alpha value is -1.88. The molecule has 0 spiro atoms. The Morgan fingerprint density at radius 1 is 1.11 bits per heavy atom. The highest BCUT2D eigenvalue weighted by Crippen LogP contribution is 2.14. The fraction of sp³-hybridized carbons (Fsp3) is 0.0714. The summed E-state index contributed by atoms with van der Waals surface area (Å²) in [4.78, 5) is 11.7. The molecule has 0 unspecified atom stereocenters. The molecule has 0 aromatic heterocycles. The number of halogens is 2. The van der Waals surface area contributed by atoms with Gasteiger partial charge in [0.25, 0.3) is 0 Å². The Morgan fingerprint density at radius 3 is 2.47 bits per heavy atom. The van der Waals surface area contributed by atoms with E-state index >= 15 is 0 Å². The van der Waals surface area contributed by atoms with E-state index in [1.165, 1.54) is 12.1 Å². The second kappa shape index (κ2) is 6.33. The maximum Gasteiger partial charge on any atom is 0.243 e. The number of hydrogen-bond acceptors (Lipinski definition) is 2. The number of nitrogens with one attached hydrogen (secondary N) is 2. The first-order valence-electron chi connectivity index (χ1n) is 5.69. The fourth-order valence-electron chi connectivity index (χ4n) is 1.51. The molecule has 0 atom stereocenters. The molecule has 0 aliphatic rings. The molecular weight excluding hydrogens is 311 g/mol. The molecule has 0 fully saturated rings. The highest BCUT2D eigenvalue weighted by Gasteiger charge is 2.05. The lowest BCUT2D eigenvalue weighted by atomic mass is 10.3. The van der Waals surface area contributed by atoms with E-state index in [2.05, 4.69) is 26.6 Å². The molecule has 0 aliphatic heterocycles. The first kappa shape index (κ1) is 13.5.